The van der Waals surface area contributed by atoms with Crippen molar-refractivity contribution in [1.82, 2.24) is 36.9 Å². The lowest BCUT2D eigenvalue weighted by molar-refractivity contribution is -0.137. The second-order valence-electron chi connectivity index (χ2n) is 15.2. The van der Waals surface area contributed by atoms with Gasteiger partial charge in [-0.25, -0.2) is 0 Å². The van der Waals surface area contributed by atoms with Gasteiger partial charge in [-0.3, -0.25) is 28.8 Å². The Morgan fingerprint density at radius 2 is 1.00 bits per heavy atom. The summed E-state index contributed by atoms with van der Waals surface area (Å²) in [6.45, 7) is 11.6. The molecule has 294 valence electrons. The van der Waals surface area contributed by atoms with Crippen LogP contribution in [0.3, 0.4) is 0 Å². The Balaban J connectivity index is 2.12. The molecule has 2 heterocycles. The van der Waals surface area contributed by atoms with Gasteiger partial charge in [-0.15, -0.1) is 0 Å². The Labute approximate surface area is 312 Å². The minimum absolute atomic E-state index is 0.0132. The maximum atomic E-state index is 14.2. The molecule has 11 N–H and O–H groups in total. The highest BCUT2D eigenvalue weighted by Crippen LogP contribution is 2.20. The van der Waals surface area contributed by atoms with Crippen molar-refractivity contribution in [1.29, 1.82) is 0 Å². The van der Waals surface area contributed by atoms with E-state index < -0.39 is 71.7 Å². The van der Waals surface area contributed by atoms with Gasteiger partial charge in [-0.05, 0) is 81.0 Å². The average molecular weight is 740 g/mol. The van der Waals surface area contributed by atoms with Crippen LogP contribution in [0.15, 0.2) is 30.5 Å². The molecule has 0 radical (unpaired) electrons. The van der Waals surface area contributed by atoms with Gasteiger partial charge < -0.3 is 48.4 Å². The van der Waals surface area contributed by atoms with Gasteiger partial charge in [0, 0.05) is 23.5 Å². The topological polar surface area (TPSA) is 242 Å². The first kappa shape index (κ1) is 42.9. The zero-order valence-corrected chi connectivity index (χ0v) is 32.1. The number of rotatable bonds is 13. The van der Waals surface area contributed by atoms with Crippen LogP contribution < -0.4 is 43.4 Å². The van der Waals surface area contributed by atoms with Gasteiger partial charge >= 0.3 is 0 Å². The smallest absolute Gasteiger partial charge is 0.243 e. The number of benzene rings is 1. The Morgan fingerprint density at radius 3 is 1.51 bits per heavy atom. The Bertz CT molecular complexity index is 1560. The summed E-state index contributed by atoms with van der Waals surface area (Å²) in [7, 11) is 0. The van der Waals surface area contributed by atoms with E-state index in [0.29, 0.717) is 12.8 Å². The fourth-order valence-electron chi connectivity index (χ4n) is 6.46. The van der Waals surface area contributed by atoms with E-state index >= 15 is 0 Å². The highest BCUT2D eigenvalue weighted by Gasteiger charge is 2.36. The number of amides is 6. The lowest BCUT2D eigenvalue weighted by atomic mass is 9.97. The summed E-state index contributed by atoms with van der Waals surface area (Å²) >= 11 is 0. The maximum absolute atomic E-state index is 14.2. The molecular weight excluding hydrogens is 678 g/mol. The van der Waals surface area contributed by atoms with E-state index in [1.807, 2.05) is 52.0 Å². The molecule has 3 rings (SSSR count). The number of carbonyl (C=O) groups excluding carboxylic acids is 6. The van der Waals surface area contributed by atoms with E-state index in [9.17, 15) is 28.8 Å². The molecule has 53 heavy (non-hydrogen) atoms. The maximum Gasteiger partial charge on any atom is 0.243 e. The quantitative estimate of drug-likeness (QED) is 0.142. The van der Waals surface area contributed by atoms with Crippen molar-refractivity contribution in [3.63, 3.8) is 0 Å². The molecule has 6 atom stereocenters. The van der Waals surface area contributed by atoms with Crippen LogP contribution in [0.4, 0.5) is 0 Å². The molecule has 0 spiro atoms. The second kappa shape index (κ2) is 20.7. The van der Waals surface area contributed by atoms with Crippen molar-refractivity contribution < 1.29 is 28.8 Å². The summed E-state index contributed by atoms with van der Waals surface area (Å²) < 4.78 is 0. The van der Waals surface area contributed by atoms with Gasteiger partial charge in [0.1, 0.15) is 36.3 Å². The third-order valence-corrected chi connectivity index (χ3v) is 9.32. The number of aromatic nitrogens is 1. The summed E-state index contributed by atoms with van der Waals surface area (Å²) in [5, 5.41) is 17.8. The monoisotopic (exact) mass is 739 g/mol. The molecule has 0 saturated carbocycles. The van der Waals surface area contributed by atoms with E-state index in [2.05, 4.69) is 36.9 Å². The summed E-state index contributed by atoms with van der Waals surface area (Å²) in [5.41, 5.74) is 13.2. The van der Waals surface area contributed by atoms with Gasteiger partial charge in [0.25, 0.3) is 0 Å². The number of nitrogens with one attached hydrogen (secondary N) is 7. The second-order valence-corrected chi connectivity index (χ2v) is 15.2. The Hall–Kier alpha value is -4.50. The van der Waals surface area contributed by atoms with Gasteiger partial charge in [0.05, 0.1) is 0 Å². The third-order valence-electron chi connectivity index (χ3n) is 9.32. The van der Waals surface area contributed by atoms with Crippen LogP contribution in [0.5, 0.6) is 0 Å². The highest BCUT2D eigenvalue weighted by atomic mass is 16.2. The predicted molar refractivity (Wildman–Crippen MR) is 204 cm³/mol. The van der Waals surface area contributed by atoms with Crippen LogP contribution >= 0.6 is 0 Å². The summed E-state index contributed by atoms with van der Waals surface area (Å²) in [4.78, 5) is 86.8. The van der Waals surface area contributed by atoms with Crippen molar-refractivity contribution in [3.8, 4) is 0 Å². The Kier molecular flexibility index (Phi) is 16.7. The van der Waals surface area contributed by atoms with E-state index in [-0.39, 0.29) is 62.9 Å². The van der Waals surface area contributed by atoms with Crippen molar-refractivity contribution in [2.24, 2.45) is 29.2 Å². The van der Waals surface area contributed by atoms with Crippen LogP contribution in [-0.2, 0) is 35.2 Å². The molecule has 1 aromatic carbocycles. The van der Waals surface area contributed by atoms with E-state index in [1.54, 1.807) is 20.0 Å². The standard InChI is InChI=1S/C38H61N9O6/c1-21(2)17-29-35(50)45-30(18-22(3)4)37(52)47-32(23(5)6)38(53)43-28(14-10-16-40)33(48)42-27(13-9-15-39)34(49)46-31(36(51)44-29)19-24-20-41-26-12-8-7-11-25(24)26/h7-8,11-12,20-23,27-32,41H,9-10,13-19,39-40H2,1-6H3,(H,42,48)(H,43,53)(H,44,51)(H,45,50)(H,46,49)(H,47,52)/t27-,28-,29+,30-,31+,32+/m1/s1. The zero-order chi connectivity index (χ0) is 39.2. The average Bonchev–Trinajstić information content (AvgIpc) is 3.50. The van der Waals surface area contributed by atoms with Crippen molar-refractivity contribution in [2.45, 2.75) is 123 Å². The summed E-state index contributed by atoms with van der Waals surface area (Å²) in [5.74, 6) is -3.98. The number of H-pyrrole nitrogens is 1. The van der Waals surface area contributed by atoms with Gasteiger partial charge in [-0.1, -0.05) is 59.7 Å². The molecule has 6 amide bonds. The minimum atomic E-state index is -1.16. The highest BCUT2D eigenvalue weighted by molar-refractivity contribution is 5.98. The molecule has 1 aliphatic rings. The first-order valence-corrected chi connectivity index (χ1v) is 18.9. The molecule has 15 heteroatoms. The van der Waals surface area contributed by atoms with Crippen LogP contribution in [0.25, 0.3) is 10.9 Å². The zero-order valence-electron chi connectivity index (χ0n) is 32.1. The molecular formula is C38H61N9O6. The number of para-hydroxylation sites is 1. The fourth-order valence-corrected chi connectivity index (χ4v) is 6.46. The van der Waals surface area contributed by atoms with Gasteiger partial charge in [0.15, 0.2) is 0 Å². The number of aromatic amines is 1. The number of hydrogen-bond acceptors (Lipinski definition) is 8. The lowest BCUT2D eigenvalue weighted by Gasteiger charge is -2.30. The lowest BCUT2D eigenvalue weighted by Crippen LogP contribution is -2.62. The molecule has 15 nitrogen and oxygen atoms in total. The predicted octanol–water partition coefficient (Wildman–Crippen LogP) is 0.859. The number of fused-ring (bicyclic) bond motifs is 1. The number of carbonyl (C=O) groups is 6. The largest absolute Gasteiger partial charge is 0.361 e. The summed E-state index contributed by atoms with van der Waals surface area (Å²) in [6, 6.07) is 1.09. The third kappa shape index (κ3) is 12.8. The minimum Gasteiger partial charge on any atom is -0.361 e. The van der Waals surface area contributed by atoms with Crippen molar-refractivity contribution in [3.05, 3.63) is 36.0 Å². The molecule has 1 saturated heterocycles. The first-order valence-electron chi connectivity index (χ1n) is 18.9. The van der Waals surface area contributed by atoms with E-state index in [4.69, 9.17) is 11.5 Å². The van der Waals surface area contributed by atoms with Gasteiger partial charge in [-0.2, -0.15) is 0 Å². The van der Waals surface area contributed by atoms with Crippen LogP contribution in [0, 0.1) is 17.8 Å². The molecule has 1 aromatic heterocycles. The first-order chi connectivity index (χ1) is 25.1. The fraction of sp³-hybridized carbons (Fsp3) is 0.632. The summed E-state index contributed by atoms with van der Waals surface area (Å²) in [6.07, 6.45) is 3.46. The Morgan fingerprint density at radius 1 is 0.566 bits per heavy atom. The van der Waals surface area contributed by atoms with E-state index in [1.165, 1.54) is 0 Å². The van der Waals surface area contributed by atoms with Gasteiger partial charge in [0.2, 0.25) is 35.4 Å². The number of hydrogen-bond donors (Lipinski definition) is 9. The molecule has 2 aromatic rings. The normalized spacial score (nSPS) is 24.3. The molecule has 0 unspecified atom stereocenters. The molecule has 0 bridgehead atoms. The SMILES string of the molecule is CC(C)C[C@@H]1NC(=O)[C@H](Cc2c[nH]c3ccccc23)NC(=O)[C@@H](CCCN)NC(=O)[C@@H](CCCN)NC(=O)[C@H](C(C)C)NC(=O)[C@@H](CC(C)C)NC1=O. The van der Waals surface area contributed by atoms with Crippen LogP contribution in [0.1, 0.15) is 85.6 Å². The van der Waals surface area contributed by atoms with Crippen LogP contribution in [0.2, 0.25) is 0 Å². The van der Waals surface area contributed by atoms with Crippen molar-refractivity contribution in [2.75, 3.05) is 13.1 Å². The van der Waals surface area contributed by atoms with E-state index in [0.717, 1.165) is 16.5 Å². The molecule has 1 fully saturated rings. The molecule has 1 aliphatic heterocycles. The van der Waals surface area contributed by atoms with Crippen LogP contribution in [-0.4, -0.2) is 89.8 Å². The number of nitrogens with two attached hydrogens (primary N) is 2. The van der Waals surface area contributed by atoms with Crippen molar-refractivity contribution >= 4 is 46.3 Å². The molecule has 0 aliphatic carbocycles.